The summed E-state index contributed by atoms with van der Waals surface area (Å²) in [5.74, 6) is 1.28. The first-order valence-corrected chi connectivity index (χ1v) is 5.73. The van der Waals surface area contributed by atoms with Gasteiger partial charge in [-0.2, -0.15) is 0 Å². The van der Waals surface area contributed by atoms with E-state index < -0.39 is 0 Å². The predicted molar refractivity (Wildman–Crippen MR) is 56.0 cm³/mol. The minimum absolute atomic E-state index is 0.578. The zero-order valence-corrected chi connectivity index (χ0v) is 9.54. The molecule has 0 saturated carbocycles. The minimum Gasteiger partial charge on any atom is -0.480 e. The average molecular weight is 269 g/mol. The van der Waals surface area contributed by atoms with Crippen LogP contribution in [0.5, 0.6) is 5.75 Å². The smallest absolute Gasteiger partial charge is 0.154 e. The topological polar surface area (TPSA) is 22.1 Å². The first-order chi connectivity index (χ1) is 5.74. The molecule has 1 rings (SSSR count). The number of pyridine rings is 1. The van der Waals surface area contributed by atoms with Crippen LogP contribution >= 0.6 is 39.3 Å². The number of rotatable bonds is 3. The summed E-state index contributed by atoms with van der Waals surface area (Å²) >= 11 is 10.6. The lowest BCUT2D eigenvalue weighted by Gasteiger charge is -2.05. The second kappa shape index (κ2) is 4.94. The Bertz CT molecular complexity index is 272. The van der Waals surface area contributed by atoms with Crippen molar-refractivity contribution in [1.82, 2.24) is 4.98 Å². The van der Waals surface area contributed by atoms with Gasteiger partial charge in [-0.25, -0.2) is 4.98 Å². The van der Waals surface area contributed by atoms with Crippen LogP contribution in [0.2, 0.25) is 5.02 Å². The van der Waals surface area contributed by atoms with Gasteiger partial charge in [0.1, 0.15) is 10.5 Å². The summed E-state index contributed by atoms with van der Waals surface area (Å²) in [6.45, 7) is 0. The Hall–Kier alpha value is 0.0700. The van der Waals surface area contributed by atoms with Crippen molar-refractivity contribution in [3.63, 3.8) is 0 Å². The lowest BCUT2D eigenvalue weighted by Crippen LogP contribution is -1.93. The van der Waals surface area contributed by atoms with E-state index in [-0.39, 0.29) is 0 Å². The van der Waals surface area contributed by atoms with Crippen LogP contribution in [-0.2, 0) is 0 Å². The number of thioether (sulfide) groups is 1. The third-order valence-corrected chi connectivity index (χ3v) is 2.26. The van der Waals surface area contributed by atoms with Gasteiger partial charge in [0.05, 0.1) is 5.02 Å². The predicted octanol–water partition coefficient (Wildman–Crippen LogP) is 3.20. The number of halogens is 2. The van der Waals surface area contributed by atoms with E-state index in [9.17, 15) is 0 Å². The Morgan fingerprint density at radius 3 is 3.17 bits per heavy atom. The summed E-state index contributed by atoms with van der Waals surface area (Å²) in [7, 11) is 0. The second-order valence-corrected chi connectivity index (χ2v) is 3.99. The standard InChI is InChI=1S/C7H7BrClNOS/c1-12-4-11-6-2-5(9)3-10-7(6)8/h2-3H,4H2,1H3. The summed E-state index contributed by atoms with van der Waals surface area (Å²) in [4.78, 5) is 3.98. The van der Waals surface area contributed by atoms with Crippen molar-refractivity contribution in [2.75, 3.05) is 12.2 Å². The molecule has 1 heterocycles. The van der Waals surface area contributed by atoms with Crippen molar-refractivity contribution < 1.29 is 4.74 Å². The minimum atomic E-state index is 0.578. The van der Waals surface area contributed by atoms with Gasteiger partial charge in [0.25, 0.3) is 0 Å². The fraction of sp³-hybridized carbons (Fsp3) is 0.286. The Kier molecular flexibility index (Phi) is 4.18. The molecule has 0 radical (unpaired) electrons. The summed E-state index contributed by atoms with van der Waals surface area (Å²) < 4.78 is 6.02. The molecule has 5 heteroatoms. The highest BCUT2D eigenvalue weighted by molar-refractivity contribution is 9.10. The Morgan fingerprint density at radius 2 is 2.50 bits per heavy atom. The lowest BCUT2D eigenvalue weighted by molar-refractivity contribution is 0.389. The molecule has 2 nitrogen and oxygen atoms in total. The number of aromatic nitrogens is 1. The quantitative estimate of drug-likeness (QED) is 0.621. The number of hydrogen-bond acceptors (Lipinski definition) is 3. The Morgan fingerprint density at radius 1 is 1.75 bits per heavy atom. The lowest BCUT2D eigenvalue weighted by atomic mass is 10.5. The molecule has 1 aromatic heterocycles. The van der Waals surface area contributed by atoms with E-state index in [1.54, 1.807) is 24.0 Å². The molecule has 0 bridgehead atoms. The van der Waals surface area contributed by atoms with E-state index in [2.05, 4.69) is 20.9 Å². The molecule has 0 amide bonds. The molecule has 0 aliphatic carbocycles. The third kappa shape index (κ3) is 2.84. The third-order valence-electron chi connectivity index (χ3n) is 1.11. The molecule has 0 saturated heterocycles. The molecule has 66 valence electrons. The number of hydrogen-bond donors (Lipinski definition) is 0. The summed E-state index contributed by atoms with van der Waals surface area (Å²) in [5, 5.41) is 0.578. The van der Waals surface area contributed by atoms with Gasteiger partial charge >= 0.3 is 0 Å². The molecular formula is C7H7BrClNOS. The van der Waals surface area contributed by atoms with E-state index in [1.807, 2.05) is 6.26 Å². The van der Waals surface area contributed by atoms with Gasteiger partial charge < -0.3 is 4.74 Å². The van der Waals surface area contributed by atoms with Crippen molar-refractivity contribution in [3.8, 4) is 5.75 Å². The fourth-order valence-corrected chi connectivity index (χ4v) is 1.35. The van der Waals surface area contributed by atoms with E-state index in [0.29, 0.717) is 21.3 Å². The average Bonchev–Trinajstić information content (AvgIpc) is 2.07. The molecule has 0 aliphatic heterocycles. The van der Waals surface area contributed by atoms with Crippen molar-refractivity contribution in [2.45, 2.75) is 0 Å². The highest BCUT2D eigenvalue weighted by Gasteiger charge is 2.02. The number of ether oxygens (including phenoxy) is 1. The van der Waals surface area contributed by atoms with Crippen molar-refractivity contribution >= 4 is 39.3 Å². The largest absolute Gasteiger partial charge is 0.480 e. The second-order valence-electron chi connectivity index (χ2n) is 1.99. The Balaban J connectivity index is 2.75. The Labute approximate surface area is 88.8 Å². The molecule has 0 aliphatic rings. The molecule has 0 unspecified atom stereocenters. The highest BCUT2D eigenvalue weighted by Crippen LogP contribution is 2.25. The van der Waals surface area contributed by atoms with Crippen LogP contribution in [0.15, 0.2) is 16.9 Å². The van der Waals surface area contributed by atoms with Crippen molar-refractivity contribution in [2.24, 2.45) is 0 Å². The monoisotopic (exact) mass is 267 g/mol. The van der Waals surface area contributed by atoms with Crippen LogP contribution < -0.4 is 4.74 Å². The molecule has 0 spiro atoms. The van der Waals surface area contributed by atoms with Crippen LogP contribution in [0.25, 0.3) is 0 Å². The maximum absolute atomic E-state index is 5.73. The summed E-state index contributed by atoms with van der Waals surface area (Å²) in [6, 6.07) is 1.73. The van der Waals surface area contributed by atoms with Crippen LogP contribution in [0, 0.1) is 0 Å². The van der Waals surface area contributed by atoms with Gasteiger partial charge in [0.2, 0.25) is 0 Å². The van der Waals surface area contributed by atoms with Gasteiger partial charge in [-0.05, 0) is 22.2 Å². The summed E-state index contributed by atoms with van der Waals surface area (Å²) in [5.41, 5.74) is 0. The van der Waals surface area contributed by atoms with Gasteiger partial charge in [0.15, 0.2) is 5.75 Å². The van der Waals surface area contributed by atoms with Crippen LogP contribution in [0.3, 0.4) is 0 Å². The molecule has 0 aromatic carbocycles. The van der Waals surface area contributed by atoms with Gasteiger partial charge in [0, 0.05) is 12.3 Å². The molecule has 0 atom stereocenters. The number of nitrogens with zero attached hydrogens (tertiary/aromatic N) is 1. The van der Waals surface area contributed by atoms with Gasteiger partial charge in [-0.15, -0.1) is 11.8 Å². The maximum Gasteiger partial charge on any atom is 0.154 e. The van der Waals surface area contributed by atoms with E-state index >= 15 is 0 Å². The zero-order chi connectivity index (χ0) is 8.97. The summed E-state index contributed by atoms with van der Waals surface area (Å²) in [6.07, 6.45) is 3.53. The van der Waals surface area contributed by atoms with E-state index in [4.69, 9.17) is 16.3 Å². The highest BCUT2D eigenvalue weighted by atomic mass is 79.9. The van der Waals surface area contributed by atoms with Crippen molar-refractivity contribution in [3.05, 3.63) is 21.9 Å². The van der Waals surface area contributed by atoms with Crippen LogP contribution in [-0.4, -0.2) is 17.2 Å². The zero-order valence-electron chi connectivity index (χ0n) is 6.38. The van der Waals surface area contributed by atoms with Crippen molar-refractivity contribution in [1.29, 1.82) is 0 Å². The van der Waals surface area contributed by atoms with Gasteiger partial charge in [-0.3, -0.25) is 0 Å². The first-order valence-electron chi connectivity index (χ1n) is 3.17. The van der Waals surface area contributed by atoms with E-state index in [1.165, 1.54) is 0 Å². The van der Waals surface area contributed by atoms with Crippen LogP contribution in [0.4, 0.5) is 0 Å². The van der Waals surface area contributed by atoms with Gasteiger partial charge in [-0.1, -0.05) is 11.6 Å². The fourth-order valence-electron chi connectivity index (χ4n) is 0.628. The maximum atomic E-state index is 5.73. The molecule has 0 N–H and O–H groups in total. The molecule has 0 fully saturated rings. The molecular weight excluding hydrogens is 262 g/mol. The van der Waals surface area contributed by atoms with Crippen LogP contribution in [0.1, 0.15) is 0 Å². The van der Waals surface area contributed by atoms with E-state index in [0.717, 1.165) is 0 Å². The molecule has 12 heavy (non-hydrogen) atoms. The normalized spacial score (nSPS) is 9.92. The first kappa shape index (κ1) is 10.2. The SMILES string of the molecule is CSCOc1cc(Cl)cnc1Br. The molecule has 1 aromatic rings.